The van der Waals surface area contributed by atoms with Crippen LogP contribution in [0.25, 0.3) is 0 Å². The molecule has 19 heavy (non-hydrogen) atoms. The quantitative estimate of drug-likeness (QED) is 0.407. The minimum atomic E-state index is 0. The number of rotatable bonds is 3. The fourth-order valence-electron chi connectivity index (χ4n) is 3.54. The van der Waals surface area contributed by atoms with E-state index in [1.807, 2.05) is 0 Å². The molecule has 0 aromatic heterocycles. The molecule has 2 saturated carbocycles. The van der Waals surface area contributed by atoms with Gasteiger partial charge < -0.3 is 22.3 Å². The Kier molecular flexibility index (Phi) is 15.9. The van der Waals surface area contributed by atoms with E-state index in [0.29, 0.717) is 5.16 Å². The van der Waals surface area contributed by atoms with Crippen molar-refractivity contribution in [3.8, 4) is 0 Å². The van der Waals surface area contributed by atoms with Crippen molar-refractivity contribution in [2.24, 2.45) is 5.92 Å². The van der Waals surface area contributed by atoms with E-state index in [9.17, 15) is 0 Å². The van der Waals surface area contributed by atoms with Crippen molar-refractivity contribution in [1.29, 1.82) is 0 Å². The summed E-state index contributed by atoms with van der Waals surface area (Å²) in [4.78, 5) is 0. The van der Waals surface area contributed by atoms with Gasteiger partial charge in [0, 0.05) is 0 Å². The molecule has 0 N–H and O–H groups in total. The van der Waals surface area contributed by atoms with Gasteiger partial charge in [-0.25, -0.2) is 0 Å². The Morgan fingerprint density at radius 1 is 0.737 bits per heavy atom. The van der Waals surface area contributed by atoms with E-state index < -0.39 is 0 Å². The predicted octanol–water partition coefficient (Wildman–Crippen LogP) is 6.31. The molecule has 2 heteroatoms. The van der Waals surface area contributed by atoms with Crippen LogP contribution in [0.3, 0.4) is 0 Å². The maximum absolute atomic E-state index is 2.55. The molecule has 1 atom stereocenters. The molecule has 113 valence electrons. The molecule has 0 heterocycles. The number of hydrogen-bond acceptors (Lipinski definition) is 0. The first-order valence-corrected chi connectivity index (χ1v) is 8.04. The van der Waals surface area contributed by atoms with E-state index in [-0.39, 0.29) is 48.5 Å². The molecule has 0 amide bonds. The third-order valence-electron chi connectivity index (χ3n) is 4.56. The van der Waals surface area contributed by atoms with Crippen molar-refractivity contribution < 1.29 is 26.2 Å². The van der Waals surface area contributed by atoms with E-state index in [1.54, 1.807) is 0 Å². The molecular formula is C17H36PZr. The summed E-state index contributed by atoms with van der Waals surface area (Å²) in [5.74, 6) is 1.05. The average molecular weight is 363 g/mol. The van der Waals surface area contributed by atoms with Gasteiger partial charge in [0.25, 0.3) is 0 Å². The van der Waals surface area contributed by atoms with Gasteiger partial charge in [-0.15, -0.1) is 8.58 Å². The fraction of sp³-hybridized carbons (Fsp3) is 0.824. The summed E-state index contributed by atoms with van der Waals surface area (Å²) in [6.45, 7) is 5.10. The van der Waals surface area contributed by atoms with E-state index >= 15 is 0 Å². The van der Waals surface area contributed by atoms with E-state index in [0.717, 1.165) is 11.6 Å². The van der Waals surface area contributed by atoms with Gasteiger partial charge >= 0.3 is 26.2 Å². The molecule has 0 aliphatic heterocycles. The van der Waals surface area contributed by atoms with Crippen LogP contribution in [0.2, 0.25) is 0 Å². The maximum Gasteiger partial charge on any atom is 3.00 e. The van der Waals surface area contributed by atoms with Crippen LogP contribution in [-0.4, -0.2) is 10.8 Å². The molecule has 2 rings (SSSR count). The first kappa shape index (κ1) is 25.3. The van der Waals surface area contributed by atoms with Gasteiger partial charge in [0.05, 0.1) is 0 Å². The summed E-state index contributed by atoms with van der Waals surface area (Å²) in [6, 6.07) is 0. The zero-order valence-electron chi connectivity index (χ0n) is 14.0. The van der Waals surface area contributed by atoms with E-state index in [4.69, 9.17) is 0 Å². The smallest absolute Gasteiger partial charge is 0.358 e. The van der Waals surface area contributed by atoms with Crippen LogP contribution in [0, 0.1) is 28.2 Å². The summed E-state index contributed by atoms with van der Waals surface area (Å²) < 4.78 is 0. The largest absolute Gasteiger partial charge is 3.00 e. The second-order valence-electron chi connectivity index (χ2n) is 6.18. The van der Waals surface area contributed by atoms with E-state index in [1.165, 1.54) is 66.4 Å². The maximum atomic E-state index is 2.55. The molecule has 2 fully saturated rings. The average Bonchev–Trinajstić information content (AvgIpc) is 2.71. The van der Waals surface area contributed by atoms with Gasteiger partial charge in [0.2, 0.25) is 0 Å². The first-order valence-electron chi connectivity index (χ1n) is 6.96. The molecule has 0 spiro atoms. The second kappa shape index (κ2) is 11.9. The third-order valence-corrected chi connectivity index (χ3v) is 6.69. The fourth-order valence-corrected chi connectivity index (χ4v) is 5.81. The predicted molar refractivity (Wildman–Crippen MR) is 90.5 cm³/mol. The zero-order chi connectivity index (χ0) is 10.7. The molecular weight excluding hydrogens is 326 g/mol. The molecule has 0 saturated heterocycles. The Bertz CT molecular complexity index is 191. The molecule has 1 unspecified atom stereocenters. The van der Waals surface area contributed by atoms with Crippen molar-refractivity contribution >= 4 is 8.58 Å². The van der Waals surface area contributed by atoms with Crippen LogP contribution in [-0.2, 0) is 26.2 Å². The molecule has 0 aromatic carbocycles. The SMILES string of the molecule is CC(C)(PC1CCCCC1)C1CCCC1.[CH3-].[CH3-].[CH3-].[Zr+3]. The van der Waals surface area contributed by atoms with Gasteiger partial charge in [0.1, 0.15) is 0 Å². The van der Waals surface area contributed by atoms with Crippen LogP contribution in [0.15, 0.2) is 0 Å². The Morgan fingerprint density at radius 2 is 1.16 bits per heavy atom. The Hall–Kier alpha value is 1.31. The third kappa shape index (κ3) is 7.76. The van der Waals surface area contributed by atoms with Gasteiger partial charge in [-0.1, -0.05) is 46.0 Å². The summed E-state index contributed by atoms with van der Waals surface area (Å²) in [6.07, 6.45) is 13.6. The first-order chi connectivity index (χ1) is 7.18. The number of hydrogen-bond donors (Lipinski definition) is 0. The standard InChI is InChI=1S/C14H27P.3CH3.Zr/c1-14(2,12-8-6-7-9-12)15-13-10-4-3-5-11-13;;;;/h12-13,15H,3-11H2,1-2H3;3*1H3;/q;3*-1;+3. The summed E-state index contributed by atoms with van der Waals surface area (Å²) in [5.41, 5.74) is 1.09. The van der Waals surface area contributed by atoms with Gasteiger partial charge in [-0.05, 0) is 42.4 Å². The van der Waals surface area contributed by atoms with Gasteiger partial charge in [-0.3, -0.25) is 0 Å². The van der Waals surface area contributed by atoms with E-state index in [2.05, 4.69) is 13.8 Å². The monoisotopic (exact) mass is 361 g/mol. The van der Waals surface area contributed by atoms with Gasteiger partial charge in [-0.2, -0.15) is 0 Å². The Morgan fingerprint density at radius 3 is 1.63 bits per heavy atom. The summed E-state index contributed by atoms with van der Waals surface area (Å²) in [5, 5.41) is 0.665. The van der Waals surface area contributed by atoms with Crippen LogP contribution in [0.5, 0.6) is 0 Å². The van der Waals surface area contributed by atoms with Crippen molar-refractivity contribution in [3.05, 3.63) is 22.3 Å². The van der Waals surface area contributed by atoms with Crippen LogP contribution >= 0.6 is 8.58 Å². The molecule has 0 nitrogen and oxygen atoms in total. The van der Waals surface area contributed by atoms with Crippen molar-refractivity contribution in [3.63, 3.8) is 0 Å². The topological polar surface area (TPSA) is 0 Å². The zero-order valence-corrected chi connectivity index (χ0v) is 17.5. The van der Waals surface area contributed by atoms with Crippen molar-refractivity contribution in [1.82, 2.24) is 0 Å². The van der Waals surface area contributed by atoms with Gasteiger partial charge in [0.15, 0.2) is 0 Å². The Labute approximate surface area is 145 Å². The van der Waals surface area contributed by atoms with Crippen LogP contribution < -0.4 is 0 Å². The second-order valence-corrected chi connectivity index (χ2v) is 8.58. The van der Waals surface area contributed by atoms with Crippen molar-refractivity contribution in [2.75, 3.05) is 0 Å². The molecule has 2 aliphatic carbocycles. The molecule has 0 bridgehead atoms. The molecule has 0 aromatic rings. The summed E-state index contributed by atoms with van der Waals surface area (Å²) >= 11 is 0. The van der Waals surface area contributed by atoms with Crippen LogP contribution in [0.4, 0.5) is 0 Å². The minimum Gasteiger partial charge on any atom is -0.358 e. The summed E-state index contributed by atoms with van der Waals surface area (Å²) in [7, 11) is 1.24. The minimum absolute atomic E-state index is 0. The molecule has 2 aliphatic rings. The van der Waals surface area contributed by atoms with Crippen molar-refractivity contribution in [2.45, 2.75) is 82.4 Å². The van der Waals surface area contributed by atoms with Crippen LogP contribution in [0.1, 0.15) is 71.6 Å². The Balaban J connectivity index is -0.000000640. The molecule has 1 radical (unpaired) electrons. The normalized spacial score (nSPS) is 21.2.